The summed E-state index contributed by atoms with van der Waals surface area (Å²) in [5.74, 6) is 1.15. The Bertz CT molecular complexity index is 870. The fourth-order valence-corrected chi connectivity index (χ4v) is 3.65. The highest BCUT2D eigenvalue weighted by Gasteiger charge is 2.26. The van der Waals surface area contributed by atoms with E-state index in [2.05, 4.69) is 4.98 Å². The van der Waals surface area contributed by atoms with Crippen molar-refractivity contribution in [3.63, 3.8) is 0 Å². The molecule has 1 N–H and O–H groups in total. The number of halogens is 1. The summed E-state index contributed by atoms with van der Waals surface area (Å²) in [5.41, 5.74) is 3.01. The van der Waals surface area contributed by atoms with Crippen molar-refractivity contribution in [1.29, 1.82) is 0 Å². The van der Waals surface area contributed by atoms with Crippen LogP contribution < -0.4 is 0 Å². The number of carbonyl (C=O) groups is 1. The van der Waals surface area contributed by atoms with Crippen LogP contribution in [0.3, 0.4) is 0 Å². The molecule has 0 aliphatic carbocycles. The first-order chi connectivity index (χ1) is 12.7. The predicted molar refractivity (Wildman–Crippen MR) is 99.4 cm³/mol. The maximum absolute atomic E-state index is 13.0. The number of benzene rings is 2. The number of likely N-dealkylation sites (tertiary alicyclic amines) is 1. The Morgan fingerprint density at radius 3 is 2.81 bits per heavy atom. The monoisotopic (exact) mass is 351 g/mol. The molecule has 4 rings (SSSR count). The van der Waals surface area contributed by atoms with Crippen molar-refractivity contribution in [2.24, 2.45) is 0 Å². The SMILES string of the molecule is O=C(CCc1ccc(F)cc1)N1CCCC(c2nc3ccccc3[nH]2)C1. The summed E-state index contributed by atoms with van der Waals surface area (Å²) in [5, 5.41) is 0. The number of nitrogens with zero attached hydrogens (tertiary/aromatic N) is 2. The molecule has 1 aliphatic heterocycles. The van der Waals surface area contributed by atoms with Gasteiger partial charge in [0.1, 0.15) is 11.6 Å². The van der Waals surface area contributed by atoms with Crippen LogP contribution in [0.2, 0.25) is 0 Å². The minimum absolute atomic E-state index is 0.162. The van der Waals surface area contributed by atoms with Crippen LogP contribution in [0.1, 0.15) is 36.6 Å². The first-order valence-corrected chi connectivity index (χ1v) is 9.16. The molecule has 5 heteroatoms. The van der Waals surface area contributed by atoms with Crippen LogP contribution in [0.15, 0.2) is 48.5 Å². The first-order valence-electron chi connectivity index (χ1n) is 9.16. The zero-order valence-electron chi connectivity index (χ0n) is 14.6. The maximum atomic E-state index is 13.0. The van der Waals surface area contributed by atoms with Crippen LogP contribution in [-0.4, -0.2) is 33.9 Å². The standard InChI is InChI=1S/C21H22FN3O/c22-17-10-7-15(8-11-17)9-12-20(26)25-13-3-4-16(14-25)21-23-18-5-1-2-6-19(18)24-21/h1-2,5-8,10-11,16H,3-4,9,12-14H2,(H,23,24). The van der Waals surface area contributed by atoms with E-state index in [-0.39, 0.29) is 17.6 Å². The summed E-state index contributed by atoms with van der Waals surface area (Å²) in [4.78, 5) is 22.7. The number of para-hydroxylation sites is 2. The number of hydrogen-bond acceptors (Lipinski definition) is 2. The van der Waals surface area contributed by atoms with E-state index in [1.54, 1.807) is 12.1 Å². The second kappa shape index (κ2) is 7.28. The summed E-state index contributed by atoms with van der Waals surface area (Å²) < 4.78 is 13.0. The molecule has 134 valence electrons. The number of H-pyrrole nitrogens is 1. The van der Waals surface area contributed by atoms with Gasteiger partial charge in [-0.25, -0.2) is 9.37 Å². The smallest absolute Gasteiger partial charge is 0.222 e. The molecule has 2 heterocycles. The Morgan fingerprint density at radius 2 is 2.00 bits per heavy atom. The number of hydrogen-bond donors (Lipinski definition) is 1. The van der Waals surface area contributed by atoms with Gasteiger partial charge in [-0.3, -0.25) is 4.79 Å². The maximum Gasteiger partial charge on any atom is 0.222 e. The highest BCUT2D eigenvalue weighted by molar-refractivity contribution is 5.77. The third kappa shape index (κ3) is 3.62. The second-order valence-corrected chi connectivity index (χ2v) is 6.94. The second-order valence-electron chi connectivity index (χ2n) is 6.94. The van der Waals surface area contributed by atoms with E-state index in [1.807, 2.05) is 29.2 Å². The zero-order chi connectivity index (χ0) is 17.9. The molecule has 0 saturated carbocycles. The molecular weight excluding hydrogens is 329 g/mol. The molecule has 0 spiro atoms. The van der Waals surface area contributed by atoms with E-state index >= 15 is 0 Å². The molecule has 2 aromatic carbocycles. The van der Waals surface area contributed by atoms with Crippen LogP contribution >= 0.6 is 0 Å². The molecular formula is C21H22FN3O. The third-order valence-electron chi connectivity index (χ3n) is 5.11. The lowest BCUT2D eigenvalue weighted by molar-refractivity contribution is -0.132. The van der Waals surface area contributed by atoms with E-state index < -0.39 is 0 Å². The Labute approximate surface area is 152 Å². The van der Waals surface area contributed by atoms with Crippen molar-refractivity contribution in [3.8, 4) is 0 Å². The normalized spacial score (nSPS) is 17.6. The average molecular weight is 351 g/mol. The van der Waals surface area contributed by atoms with Crippen LogP contribution in [-0.2, 0) is 11.2 Å². The molecule has 4 nitrogen and oxygen atoms in total. The molecule has 1 saturated heterocycles. The number of rotatable bonds is 4. The summed E-state index contributed by atoms with van der Waals surface area (Å²) in [6, 6.07) is 14.4. The third-order valence-corrected chi connectivity index (χ3v) is 5.11. The number of aromatic nitrogens is 2. The van der Waals surface area contributed by atoms with E-state index in [0.29, 0.717) is 19.4 Å². The quantitative estimate of drug-likeness (QED) is 0.771. The molecule has 0 bridgehead atoms. The minimum atomic E-state index is -0.246. The number of carbonyl (C=O) groups excluding carboxylic acids is 1. The molecule has 1 aromatic heterocycles. The molecule has 3 aromatic rings. The van der Waals surface area contributed by atoms with Crippen LogP contribution in [0, 0.1) is 5.82 Å². The Hall–Kier alpha value is -2.69. The van der Waals surface area contributed by atoms with Crippen LogP contribution in [0.25, 0.3) is 11.0 Å². The fourth-order valence-electron chi connectivity index (χ4n) is 3.65. The van der Waals surface area contributed by atoms with Gasteiger partial charge in [-0.15, -0.1) is 0 Å². The van der Waals surface area contributed by atoms with Gasteiger partial charge in [-0.1, -0.05) is 24.3 Å². The highest BCUT2D eigenvalue weighted by Crippen LogP contribution is 2.27. The van der Waals surface area contributed by atoms with Gasteiger partial charge in [0.05, 0.1) is 11.0 Å². The zero-order valence-corrected chi connectivity index (χ0v) is 14.6. The van der Waals surface area contributed by atoms with Gasteiger partial charge in [0.15, 0.2) is 0 Å². The van der Waals surface area contributed by atoms with E-state index in [4.69, 9.17) is 4.98 Å². The summed E-state index contributed by atoms with van der Waals surface area (Å²) >= 11 is 0. The van der Waals surface area contributed by atoms with Gasteiger partial charge in [-0.05, 0) is 49.1 Å². The van der Waals surface area contributed by atoms with E-state index in [0.717, 1.165) is 41.8 Å². The first kappa shape index (κ1) is 16.8. The van der Waals surface area contributed by atoms with Gasteiger partial charge in [0.25, 0.3) is 0 Å². The number of fused-ring (bicyclic) bond motifs is 1. The number of nitrogens with one attached hydrogen (secondary N) is 1. The Morgan fingerprint density at radius 1 is 1.19 bits per heavy atom. The van der Waals surface area contributed by atoms with Gasteiger partial charge >= 0.3 is 0 Å². The molecule has 1 atom stereocenters. The van der Waals surface area contributed by atoms with E-state index in [1.165, 1.54) is 12.1 Å². The molecule has 1 amide bonds. The van der Waals surface area contributed by atoms with Crippen molar-refractivity contribution >= 4 is 16.9 Å². The Balaban J connectivity index is 1.39. The number of amides is 1. The van der Waals surface area contributed by atoms with Crippen molar-refractivity contribution in [1.82, 2.24) is 14.9 Å². The van der Waals surface area contributed by atoms with E-state index in [9.17, 15) is 9.18 Å². The van der Waals surface area contributed by atoms with Gasteiger partial charge in [0.2, 0.25) is 5.91 Å². The van der Waals surface area contributed by atoms with Crippen LogP contribution in [0.5, 0.6) is 0 Å². The lowest BCUT2D eigenvalue weighted by Crippen LogP contribution is -2.39. The number of imidazole rings is 1. The number of aryl methyl sites for hydroxylation is 1. The largest absolute Gasteiger partial charge is 0.342 e. The summed E-state index contributed by atoms with van der Waals surface area (Å²) in [7, 11) is 0. The minimum Gasteiger partial charge on any atom is -0.342 e. The summed E-state index contributed by atoms with van der Waals surface area (Å²) in [6.07, 6.45) is 3.13. The molecule has 1 fully saturated rings. The van der Waals surface area contributed by atoms with Gasteiger partial charge < -0.3 is 9.88 Å². The molecule has 1 aliphatic rings. The molecule has 1 unspecified atom stereocenters. The Kier molecular flexibility index (Phi) is 4.69. The lowest BCUT2D eigenvalue weighted by Gasteiger charge is -2.32. The van der Waals surface area contributed by atoms with Crippen molar-refractivity contribution in [3.05, 3.63) is 65.7 Å². The molecule has 26 heavy (non-hydrogen) atoms. The van der Waals surface area contributed by atoms with Crippen molar-refractivity contribution in [2.45, 2.75) is 31.6 Å². The van der Waals surface area contributed by atoms with Gasteiger partial charge in [0, 0.05) is 25.4 Å². The fraction of sp³-hybridized carbons (Fsp3) is 0.333. The number of piperidine rings is 1. The predicted octanol–water partition coefficient (Wildman–Crippen LogP) is 4.04. The van der Waals surface area contributed by atoms with Crippen molar-refractivity contribution < 1.29 is 9.18 Å². The van der Waals surface area contributed by atoms with Gasteiger partial charge in [-0.2, -0.15) is 0 Å². The highest BCUT2D eigenvalue weighted by atomic mass is 19.1. The number of aromatic amines is 1. The lowest BCUT2D eigenvalue weighted by atomic mass is 9.97. The average Bonchev–Trinajstić information content (AvgIpc) is 3.12. The topological polar surface area (TPSA) is 49.0 Å². The summed E-state index contributed by atoms with van der Waals surface area (Å²) in [6.45, 7) is 1.51. The van der Waals surface area contributed by atoms with Crippen LogP contribution in [0.4, 0.5) is 4.39 Å². The molecule has 0 radical (unpaired) electrons. The van der Waals surface area contributed by atoms with Crippen molar-refractivity contribution in [2.75, 3.05) is 13.1 Å².